The molecule has 0 aliphatic carbocycles. The van der Waals surface area contributed by atoms with Crippen LogP contribution in [0, 0.1) is 6.10 Å². The van der Waals surface area contributed by atoms with Crippen molar-refractivity contribution in [2.24, 2.45) is 0 Å². The van der Waals surface area contributed by atoms with Crippen molar-refractivity contribution in [3.05, 3.63) is 6.10 Å². The summed E-state index contributed by atoms with van der Waals surface area (Å²) in [6.07, 6.45) is -3.54. The second kappa shape index (κ2) is 8.48. The molecule has 0 aromatic carbocycles. The minimum atomic E-state index is -1.09. The van der Waals surface area contributed by atoms with Gasteiger partial charge in [0.15, 0.2) is 12.2 Å². The van der Waals surface area contributed by atoms with Crippen molar-refractivity contribution < 1.29 is 38.4 Å². The normalized spacial score (nSPS) is 27.3. The summed E-state index contributed by atoms with van der Waals surface area (Å²) in [5, 5.41) is 12.0. The number of esters is 2. The third kappa shape index (κ3) is 6.50. The fourth-order valence-electron chi connectivity index (χ4n) is 2.43. The number of aliphatic hydroxyl groups is 1. The van der Waals surface area contributed by atoms with Gasteiger partial charge in [-0.05, 0) is 27.7 Å². The topological polar surface area (TPSA) is 120 Å². The molecule has 0 aromatic heterocycles. The number of carbonyl (C=O) groups is 3. The lowest BCUT2D eigenvalue weighted by Gasteiger charge is -2.43. The van der Waals surface area contributed by atoms with E-state index in [4.69, 9.17) is 18.9 Å². The van der Waals surface area contributed by atoms with Crippen LogP contribution >= 0.6 is 0 Å². The van der Waals surface area contributed by atoms with E-state index in [0.717, 1.165) is 0 Å². The summed E-state index contributed by atoms with van der Waals surface area (Å²) in [5.41, 5.74) is -0.729. The van der Waals surface area contributed by atoms with Gasteiger partial charge in [0, 0.05) is 13.8 Å². The van der Waals surface area contributed by atoms with E-state index in [-0.39, 0.29) is 0 Å². The van der Waals surface area contributed by atoms with Crippen molar-refractivity contribution in [3.8, 4) is 0 Å². The molecule has 9 nitrogen and oxygen atoms in total. The van der Waals surface area contributed by atoms with Crippen LogP contribution < -0.4 is 5.32 Å². The third-order valence-electron chi connectivity index (χ3n) is 3.25. The Balaban J connectivity index is 3.06. The summed E-state index contributed by atoms with van der Waals surface area (Å²) in [6.45, 7) is 8.57. The summed E-state index contributed by atoms with van der Waals surface area (Å²) in [7, 11) is 0. The van der Waals surface area contributed by atoms with Gasteiger partial charge in [0.1, 0.15) is 23.9 Å². The van der Waals surface area contributed by atoms with Crippen molar-refractivity contribution >= 4 is 18.0 Å². The molecule has 0 unspecified atom stereocenters. The first-order valence-electron chi connectivity index (χ1n) is 7.89. The Morgan fingerprint density at radius 1 is 1.12 bits per heavy atom. The van der Waals surface area contributed by atoms with E-state index in [1.165, 1.54) is 13.8 Å². The Morgan fingerprint density at radius 2 is 1.64 bits per heavy atom. The van der Waals surface area contributed by atoms with Gasteiger partial charge in [0.25, 0.3) is 0 Å². The van der Waals surface area contributed by atoms with Crippen LogP contribution in [0.3, 0.4) is 0 Å². The van der Waals surface area contributed by atoms with Gasteiger partial charge in [-0.1, -0.05) is 0 Å². The number of nitrogens with one attached hydrogen (secondary N) is 1. The third-order valence-corrected chi connectivity index (χ3v) is 3.25. The molecule has 1 aliphatic rings. The highest BCUT2D eigenvalue weighted by atomic mass is 16.6. The average molecular weight is 360 g/mol. The predicted molar refractivity (Wildman–Crippen MR) is 85.1 cm³/mol. The highest BCUT2D eigenvalue weighted by molar-refractivity contribution is 5.70. The average Bonchev–Trinajstić information content (AvgIpc) is 2.42. The number of hydrogen-bond acceptors (Lipinski definition) is 8. The summed E-state index contributed by atoms with van der Waals surface area (Å²) < 4.78 is 21.1. The second-order valence-electron chi connectivity index (χ2n) is 6.72. The van der Waals surface area contributed by atoms with Crippen LogP contribution in [0.2, 0.25) is 0 Å². The van der Waals surface area contributed by atoms with Crippen LogP contribution in [0.5, 0.6) is 0 Å². The van der Waals surface area contributed by atoms with Gasteiger partial charge < -0.3 is 29.4 Å². The lowest BCUT2D eigenvalue weighted by atomic mass is 9.93. The van der Waals surface area contributed by atoms with Gasteiger partial charge >= 0.3 is 18.0 Å². The molecule has 143 valence electrons. The Hall–Kier alpha value is -1.87. The quantitative estimate of drug-likeness (QED) is 0.555. The summed E-state index contributed by atoms with van der Waals surface area (Å²) in [5.74, 6) is -1.27. The number of hydrogen-bond donors (Lipinski definition) is 2. The van der Waals surface area contributed by atoms with E-state index in [9.17, 15) is 19.5 Å². The molecule has 0 saturated carbocycles. The molecule has 0 bridgehead atoms. The molecular formula is C16H26NO8. The van der Waals surface area contributed by atoms with Gasteiger partial charge in [0.05, 0.1) is 6.61 Å². The van der Waals surface area contributed by atoms with Gasteiger partial charge in [-0.15, -0.1) is 0 Å². The molecule has 25 heavy (non-hydrogen) atoms. The molecule has 9 heteroatoms. The van der Waals surface area contributed by atoms with Crippen molar-refractivity contribution in [3.63, 3.8) is 0 Å². The van der Waals surface area contributed by atoms with Crippen LogP contribution in [0.15, 0.2) is 0 Å². The molecule has 2 N–H and O–H groups in total. The van der Waals surface area contributed by atoms with Crippen LogP contribution in [0.4, 0.5) is 4.79 Å². The Bertz CT molecular complexity index is 501. The molecular weight excluding hydrogens is 334 g/mol. The maximum Gasteiger partial charge on any atom is 0.408 e. The van der Waals surface area contributed by atoms with Gasteiger partial charge in [-0.2, -0.15) is 0 Å². The Kier molecular flexibility index (Phi) is 7.18. The van der Waals surface area contributed by atoms with Crippen LogP contribution in [0.1, 0.15) is 41.5 Å². The summed E-state index contributed by atoms with van der Waals surface area (Å²) in [6, 6.07) is -0.911. The zero-order chi connectivity index (χ0) is 19.4. The zero-order valence-electron chi connectivity index (χ0n) is 15.3. The number of aliphatic hydroxyl groups excluding tert-OH is 1. The van der Waals surface area contributed by atoms with Crippen LogP contribution in [0.25, 0.3) is 0 Å². The minimum Gasteiger partial charge on any atom is -0.456 e. The monoisotopic (exact) mass is 360 g/mol. The van der Waals surface area contributed by atoms with E-state index in [0.29, 0.717) is 6.10 Å². The smallest absolute Gasteiger partial charge is 0.408 e. The lowest BCUT2D eigenvalue weighted by molar-refractivity contribution is -0.200. The Morgan fingerprint density at radius 3 is 2.08 bits per heavy atom. The maximum absolute atomic E-state index is 12.1. The fourth-order valence-corrected chi connectivity index (χ4v) is 2.43. The van der Waals surface area contributed by atoms with Crippen molar-refractivity contribution in [2.75, 3.05) is 6.61 Å². The zero-order valence-corrected chi connectivity index (χ0v) is 15.3. The standard InChI is InChI=1S/C16H26NO8/c1-8-12(17-15(21)25-16(4,5)6)14(24-10(3)20)13(23-9(2)19)11(7-18)22-8/h11-14,18H,7H2,1-6H3,(H,17,21)/t11-,12+,13-,14-/m1/s1. The molecule has 0 aromatic rings. The van der Waals surface area contributed by atoms with Gasteiger partial charge in [0.2, 0.25) is 0 Å². The minimum absolute atomic E-state index is 0.291. The van der Waals surface area contributed by atoms with E-state index < -0.39 is 54.6 Å². The number of alkyl carbamates (subject to hydrolysis) is 1. The number of rotatable bonds is 4. The Labute approximate surface area is 146 Å². The molecule has 1 saturated heterocycles. The largest absolute Gasteiger partial charge is 0.456 e. The highest BCUT2D eigenvalue weighted by Crippen LogP contribution is 2.30. The van der Waals surface area contributed by atoms with Crippen LogP contribution in [-0.4, -0.2) is 59.7 Å². The second-order valence-corrected chi connectivity index (χ2v) is 6.72. The molecule has 4 atom stereocenters. The number of amides is 1. The van der Waals surface area contributed by atoms with Crippen molar-refractivity contribution in [1.82, 2.24) is 5.32 Å². The first-order valence-corrected chi connectivity index (χ1v) is 7.89. The molecule has 1 heterocycles. The highest BCUT2D eigenvalue weighted by Gasteiger charge is 2.49. The van der Waals surface area contributed by atoms with E-state index in [1.54, 1.807) is 27.7 Å². The molecule has 1 amide bonds. The molecule has 1 rings (SSSR count). The summed E-state index contributed by atoms with van der Waals surface area (Å²) >= 11 is 0. The fraction of sp³-hybridized carbons (Fsp3) is 0.750. The molecule has 1 radical (unpaired) electrons. The van der Waals surface area contributed by atoms with E-state index >= 15 is 0 Å². The lowest BCUT2D eigenvalue weighted by Crippen LogP contribution is -2.63. The van der Waals surface area contributed by atoms with Crippen molar-refractivity contribution in [2.45, 2.75) is 71.5 Å². The molecule has 0 spiro atoms. The molecule has 1 fully saturated rings. The first kappa shape index (κ1) is 21.2. The van der Waals surface area contributed by atoms with E-state index in [2.05, 4.69) is 5.32 Å². The molecule has 1 aliphatic heterocycles. The maximum atomic E-state index is 12.1. The van der Waals surface area contributed by atoms with E-state index in [1.807, 2.05) is 0 Å². The van der Waals surface area contributed by atoms with Crippen LogP contribution in [-0.2, 0) is 28.5 Å². The number of ether oxygens (including phenoxy) is 4. The SMILES string of the molecule is C[C]1O[C@H](CO)[C@@H](OC(C)=O)[C@H](OC(C)=O)[C@H]1NC(=O)OC(C)(C)C. The summed E-state index contributed by atoms with van der Waals surface area (Å²) in [4.78, 5) is 35.0. The van der Waals surface area contributed by atoms with Gasteiger partial charge in [-0.25, -0.2) is 4.79 Å². The predicted octanol–water partition coefficient (Wildman–Crippen LogP) is 0.686. The van der Waals surface area contributed by atoms with Gasteiger partial charge in [-0.3, -0.25) is 9.59 Å². The van der Waals surface area contributed by atoms with Crippen molar-refractivity contribution in [1.29, 1.82) is 0 Å². The number of carbonyl (C=O) groups excluding carboxylic acids is 3. The first-order chi connectivity index (χ1) is 11.4.